The highest BCUT2D eigenvalue weighted by atomic mass is 19.4. The predicted molar refractivity (Wildman–Crippen MR) is 92.9 cm³/mol. The molecule has 2 rings (SSSR count). The topological polar surface area (TPSA) is 126 Å². The molecule has 2 aromatic rings. The summed E-state index contributed by atoms with van der Waals surface area (Å²) in [6.45, 7) is 2.12. The molecule has 0 aliphatic carbocycles. The van der Waals surface area contributed by atoms with Gasteiger partial charge in [0.25, 0.3) is 11.1 Å². The molecule has 2 aromatic heterocycles. The highest BCUT2D eigenvalue weighted by Gasteiger charge is 2.45. The van der Waals surface area contributed by atoms with E-state index in [0.717, 1.165) is 15.3 Å². The van der Waals surface area contributed by atoms with Crippen LogP contribution >= 0.6 is 0 Å². The van der Waals surface area contributed by atoms with Gasteiger partial charge in [-0.3, -0.25) is 19.0 Å². The number of aliphatic hydroxyl groups excluding tert-OH is 1. The van der Waals surface area contributed by atoms with Crippen LogP contribution in [0.1, 0.15) is 13.8 Å². The van der Waals surface area contributed by atoms with Gasteiger partial charge in [0.2, 0.25) is 5.91 Å². The summed E-state index contributed by atoms with van der Waals surface area (Å²) in [5, 5.41) is 11.4. The van der Waals surface area contributed by atoms with Gasteiger partial charge in [-0.1, -0.05) is 13.8 Å². The lowest BCUT2D eigenvalue weighted by Crippen LogP contribution is -2.53. The lowest BCUT2D eigenvalue weighted by atomic mass is 9.98. The van der Waals surface area contributed by atoms with E-state index in [-0.39, 0.29) is 10.9 Å². The molecule has 0 saturated carbocycles. The molecule has 0 spiro atoms. The van der Waals surface area contributed by atoms with Crippen molar-refractivity contribution in [3.05, 3.63) is 43.5 Å². The van der Waals surface area contributed by atoms with Gasteiger partial charge in [0.15, 0.2) is 6.10 Å². The third-order valence-electron chi connectivity index (χ3n) is 4.27. The van der Waals surface area contributed by atoms with Gasteiger partial charge in [0.05, 0.1) is 11.4 Å². The van der Waals surface area contributed by atoms with Gasteiger partial charge in [0, 0.05) is 13.2 Å². The third-order valence-corrected chi connectivity index (χ3v) is 4.27. The molecule has 28 heavy (non-hydrogen) atoms. The van der Waals surface area contributed by atoms with Gasteiger partial charge < -0.3 is 20.0 Å². The first-order chi connectivity index (χ1) is 12.8. The van der Waals surface area contributed by atoms with Crippen LogP contribution < -0.4 is 22.1 Å². The summed E-state index contributed by atoms with van der Waals surface area (Å²) < 4.78 is 39.9. The zero-order valence-corrected chi connectivity index (χ0v) is 15.2. The van der Waals surface area contributed by atoms with Crippen LogP contribution in [-0.4, -0.2) is 43.5 Å². The number of aromatic amines is 1. The summed E-state index contributed by atoms with van der Waals surface area (Å²) >= 11 is 0. The van der Waals surface area contributed by atoms with Gasteiger partial charge >= 0.3 is 11.9 Å². The molecule has 0 radical (unpaired) electrons. The maximum Gasteiger partial charge on any atom is 0.416 e. The fourth-order valence-electron chi connectivity index (χ4n) is 2.66. The maximum atomic E-state index is 12.8. The van der Waals surface area contributed by atoms with Crippen molar-refractivity contribution in [2.45, 2.75) is 38.7 Å². The minimum absolute atomic E-state index is 0.0729. The van der Waals surface area contributed by atoms with E-state index < -0.39 is 53.5 Å². The molecular formula is C16H19F3N4O5. The lowest BCUT2D eigenvalue weighted by molar-refractivity contribution is -0.215. The molecule has 2 unspecified atom stereocenters. The number of aromatic nitrogens is 3. The van der Waals surface area contributed by atoms with Gasteiger partial charge in [0.1, 0.15) is 12.1 Å². The molecule has 2 heterocycles. The van der Waals surface area contributed by atoms with Crippen molar-refractivity contribution >= 4 is 16.8 Å². The van der Waals surface area contributed by atoms with E-state index in [1.54, 1.807) is 0 Å². The monoisotopic (exact) mass is 404 g/mol. The number of rotatable bonds is 5. The first-order valence-corrected chi connectivity index (χ1v) is 8.21. The normalized spacial score (nSPS) is 14.3. The molecule has 0 aliphatic rings. The SMILES string of the molecule is CC(C)C(NC(=O)Cn1ccc2c(=O)n(C)c(=O)[nH]c2c1=O)C(O)C(F)(F)F. The van der Waals surface area contributed by atoms with E-state index in [9.17, 15) is 37.5 Å². The van der Waals surface area contributed by atoms with Crippen molar-refractivity contribution in [3.8, 4) is 0 Å². The molecule has 0 aliphatic heterocycles. The smallest absolute Gasteiger partial charge is 0.382 e. The Morgan fingerprint density at radius 2 is 1.86 bits per heavy atom. The van der Waals surface area contributed by atoms with Gasteiger partial charge in [-0.15, -0.1) is 0 Å². The minimum Gasteiger partial charge on any atom is -0.382 e. The number of halogens is 3. The number of H-pyrrole nitrogens is 1. The number of amides is 1. The van der Waals surface area contributed by atoms with Gasteiger partial charge in [-0.25, -0.2) is 4.79 Å². The van der Waals surface area contributed by atoms with E-state index >= 15 is 0 Å². The number of fused-ring (bicyclic) bond motifs is 1. The van der Waals surface area contributed by atoms with Crippen LogP contribution in [0.4, 0.5) is 13.2 Å². The summed E-state index contributed by atoms with van der Waals surface area (Å²) in [5.74, 6) is -1.69. The Morgan fingerprint density at radius 3 is 2.39 bits per heavy atom. The third kappa shape index (κ3) is 4.16. The van der Waals surface area contributed by atoms with Crippen molar-refractivity contribution < 1.29 is 23.1 Å². The van der Waals surface area contributed by atoms with Crippen LogP contribution in [0, 0.1) is 5.92 Å². The van der Waals surface area contributed by atoms with E-state index in [4.69, 9.17) is 0 Å². The molecule has 1 amide bonds. The minimum atomic E-state index is -4.93. The number of nitrogens with zero attached hydrogens (tertiary/aromatic N) is 2. The number of nitrogens with one attached hydrogen (secondary N) is 2. The Hall–Kier alpha value is -2.89. The summed E-state index contributed by atoms with van der Waals surface area (Å²) in [5.41, 5.74) is -2.72. The summed E-state index contributed by atoms with van der Waals surface area (Å²) in [7, 11) is 1.22. The number of aliphatic hydroxyl groups is 1. The first-order valence-electron chi connectivity index (χ1n) is 8.21. The van der Waals surface area contributed by atoms with E-state index in [1.165, 1.54) is 27.0 Å². The number of hydrogen-bond donors (Lipinski definition) is 3. The number of carbonyl (C=O) groups excluding carboxylic acids is 1. The molecule has 154 valence electrons. The predicted octanol–water partition coefficient (Wildman–Crippen LogP) is -0.547. The van der Waals surface area contributed by atoms with Gasteiger partial charge in [-0.05, 0) is 12.0 Å². The molecule has 0 saturated heterocycles. The number of pyridine rings is 1. The van der Waals surface area contributed by atoms with Crippen LogP contribution in [0.5, 0.6) is 0 Å². The largest absolute Gasteiger partial charge is 0.416 e. The Labute approximate surface area is 155 Å². The fourth-order valence-corrected chi connectivity index (χ4v) is 2.66. The molecule has 0 aromatic carbocycles. The highest BCUT2D eigenvalue weighted by molar-refractivity contribution is 5.78. The molecule has 2 atom stereocenters. The summed E-state index contributed by atoms with van der Waals surface area (Å²) in [6, 6.07) is -0.400. The lowest BCUT2D eigenvalue weighted by Gasteiger charge is -2.28. The van der Waals surface area contributed by atoms with Gasteiger partial charge in [-0.2, -0.15) is 13.2 Å². The highest BCUT2D eigenvalue weighted by Crippen LogP contribution is 2.25. The van der Waals surface area contributed by atoms with E-state index in [1.807, 2.05) is 0 Å². The average Bonchev–Trinajstić information content (AvgIpc) is 2.59. The second-order valence-corrected chi connectivity index (χ2v) is 6.66. The van der Waals surface area contributed by atoms with Crippen molar-refractivity contribution in [2.75, 3.05) is 0 Å². The number of hydrogen-bond acceptors (Lipinski definition) is 5. The van der Waals surface area contributed by atoms with Crippen molar-refractivity contribution in [3.63, 3.8) is 0 Å². The summed E-state index contributed by atoms with van der Waals surface area (Å²) in [4.78, 5) is 50.5. The Balaban J connectivity index is 2.34. The van der Waals surface area contributed by atoms with E-state index in [2.05, 4.69) is 10.3 Å². The second kappa shape index (κ2) is 7.62. The fraction of sp³-hybridized carbons (Fsp3) is 0.500. The summed E-state index contributed by atoms with van der Waals surface area (Å²) in [6.07, 6.45) is -6.58. The Kier molecular flexibility index (Phi) is 5.83. The van der Waals surface area contributed by atoms with Crippen molar-refractivity contribution in [2.24, 2.45) is 13.0 Å². The molecule has 0 bridgehead atoms. The molecule has 0 fully saturated rings. The second-order valence-electron chi connectivity index (χ2n) is 6.66. The molecular weight excluding hydrogens is 385 g/mol. The molecule has 9 nitrogen and oxygen atoms in total. The standard InChI is InChI=1S/C16H19F3N4O5/c1-7(2)10(12(25)16(17,18)19)20-9(24)6-23-5-4-8-11(14(23)27)21-15(28)22(3)13(8)26/h4-5,7,10,12,25H,6H2,1-3H3,(H,20,24)(H,21,28). The van der Waals surface area contributed by atoms with Crippen molar-refractivity contribution in [1.82, 2.24) is 19.4 Å². The van der Waals surface area contributed by atoms with Crippen LogP contribution in [0.15, 0.2) is 26.6 Å². The van der Waals surface area contributed by atoms with Crippen LogP contribution in [0.25, 0.3) is 10.9 Å². The zero-order chi connectivity index (χ0) is 21.4. The number of carbonyl (C=O) groups is 1. The van der Waals surface area contributed by atoms with Crippen molar-refractivity contribution in [1.29, 1.82) is 0 Å². The average molecular weight is 404 g/mol. The zero-order valence-electron chi connectivity index (χ0n) is 15.2. The molecule has 3 N–H and O–H groups in total. The first kappa shape index (κ1) is 21.4. The van der Waals surface area contributed by atoms with Crippen LogP contribution in [0.2, 0.25) is 0 Å². The number of alkyl halides is 3. The van der Waals surface area contributed by atoms with Crippen LogP contribution in [0.3, 0.4) is 0 Å². The Bertz CT molecular complexity index is 1070. The Morgan fingerprint density at radius 1 is 1.25 bits per heavy atom. The quantitative estimate of drug-likeness (QED) is 0.617. The molecule has 12 heteroatoms. The maximum absolute atomic E-state index is 12.8. The van der Waals surface area contributed by atoms with Crippen LogP contribution in [-0.2, 0) is 18.4 Å². The van der Waals surface area contributed by atoms with E-state index in [0.29, 0.717) is 0 Å².